The van der Waals surface area contributed by atoms with Gasteiger partial charge in [0.05, 0.1) is 120 Å². The molecule has 0 bridgehead atoms. The average molecular weight is 2100 g/mol. The molecule has 8 aromatic carbocycles. The Labute approximate surface area is 834 Å². The van der Waals surface area contributed by atoms with E-state index in [2.05, 4.69) is 156 Å². The number of methoxy groups -OCH3 is 3. The number of fused-ring (bicyclic) bond motifs is 16. The van der Waals surface area contributed by atoms with Gasteiger partial charge in [0.2, 0.25) is 0 Å². The summed E-state index contributed by atoms with van der Waals surface area (Å²) in [7, 11) is 4.37. The van der Waals surface area contributed by atoms with E-state index in [1.54, 1.807) is 59.8 Å². The van der Waals surface area contributed by atoms with Crippen molar-refractivity contribution < 1.29 is 58.6 Å². The number of nitrogens with zero attached hydrogens (tertiary/aromatic N) is 12. The molecule has 8 N–H and O–H groups in total. The van der Waals surface area contributed by atoms with Gasteiger partial charge in [0.1, 0.15) is 69.8 Å². The van der Waals surface area contributed by atoms with Crippen LogP contribution in [0.2, 0.25) is 0 Å². The van der Waals surface area contributed by atoms with Gasteiger partial charge < -0.3 is 64.7 Å². The minimum absolute atomic E-state index is 0.281. The number of unbranched alkanes of at least 4 members (excludes halogenated alkanes) is 1. The molecule has 1 fully saturated rings. The molecule has 734 valence electrons. The molecule has 13 heterocycles. The second-order valence-electron chi connectivity index (χ2n) is 38.6. The van der Waals surface area contributed by atoms with Gasteiger partial charge in [-0.05, 0) is 271 Å². The summed E-state index contributed by atoms with van der Waals surface area (Å²) in [6.45, 7) is 38.4. The molecule has 0 saturated carbocycles. The van der Waals surface area contributed by atoms with Crippen molar-refractivity contribution >= 4 is 117 Å². The van der Waals surface area contributed by atoms with Gasteiger partial charge in [0, 0.05) is 153 Å². The molecule has 5 aliphatic rings. The molecule has 0 radical (unpaired) electrons. The van der Waals surface area contributed by atoms with E-state index >= 15 is 13.2 Å². The number of anilines is 4. The molecule has 8 aromatic heterocycles. The lowest BCUT2D eigenvalue weighted by molar-refractivity contribution is 0.00578. The molecule has 25 nitrogen and oxygen atoms in total. The largest absolute Gasteiger partial charge is 0.497 e. The predicted octanol–water partition coefficient (Wildman–Crippen LogP) is 23.3. The molecule has 1 saturated heterocycles. The summed E-state index contributed by atoms with van der Waals surface area (Å²) in [5, 5.41) is 51.7. The Morgan fingerprint density at radius 2 is 0.773 bits per heavy atom. The fourth-order valence-corrected chi connectivity index (χ4v) is 20.1. The van der Waals surface area contributed by atoms with Crippen molar-refractivity contribution in [3.63, 3.8) is 0 Å². The first-order chi connectivity index (χ1) is 66.9. The Balaban J connectivity index is 0.000000128. The summed E-state index contributed by atoms with van der Waals surface area (Å²) < 4.78 is 155. The quantitative estimate of drug-likeness (QED) is 0.0193. The molecular weight excluding hydrogens is 1990 g/mol. The third kappa shape index (κ3) is 18.7. The van der Waals surface area contributed by atoms with Crippen LogP contribution in [0.15, 0.2) is 114 Å². The molecule has 21 rings (SSSR count). The highest BCUT2D eigenvalue weighted by Crippen LogP contribution is 2.51. The number of hydrogen-bond acceptors (Lipinski definition) is 17. The molecule has 0 atom stereocenters. The summed E-state index contributed by atoms with van der Waals surface area (Å²) in [4.78, 5) is 12.6. The lowest BCUT2D eigenvalue weighted by Gasteiger charge is -2.35. The van der Waals surface area contributed by atoms with E-state index in [1.807, 2.05) is 137 Å². The maximum absolute atomic E-state index is 15.7. The number of aromatic amines is 4. The van der Waals surface area contributed by atoms with Gasteiger partial charge in [0.15, 0.2) is 23.3 Å². The smallest absolute Gasteiger partial charge is 0.399 e. The molecular formula is C105H111BBrF8IN20O5. The highest BCUT2D eigenvalue weighted by Gasteiger charge is 2.53. The maximum atomic E-state index is 15.7. The summed E-state index contributed by atoms with van der Waals surface area (Å²) in [5.74, 6) is 11.2. The van der Waals surface area contributed by atoms with Crippen LogP contribution in [0.5, 0.6) is 0 Å². The van der Waals surface area contributed by atoms with Crippen LogP contribution in [0, 0.1) is 102 Å². The van der Waals surface area contributed by atoms with Crippen molar-refractivity contribution in [3.05, 3.63) is 239 Å². The van der Waals surface area contributed by atoms with Gasteiger partial charge >= 0.3 is 7.12 Å². The van der Waals surface area contributed by atoms with E-state index in [-0.39, 0.29) is 11.6 Å². The Morgan fingerprint density at radius 3 is 1.17 bits per heavy atom. The van der Waals surface area contributed by atoms with Crippen LogP contribution in [0.25, 0.3) is 99.7 Å². The summed E-state index contributed by atoms with van der Waals surface area (Å²) in [6, 6.07) is 21.0. The standard InChI is InChI=1S/C26H25F2N5O.C24H24F2IN5.C23H23F2N5O.C15H18BrFN4O.C14H17BFNO2.C3H4/c1-6-7-15-13-29-23-17(15)10-16(27)11-18(23)22-14(2)24-20(12-19(22)28)30-26(3,4)25-32-31-21(33(24)25)8-9-34-5;1-5-6-7-19-30-31-23-24(3,4)29-18-10-16(26)20(12(2)22(18)32(19)23)15-9-13(25)8-14-17(27)11-28-21(14)15;1-12-19(15-10-14(24)9-13-5-7-26-20(13)15)16(25)11-17-21(12)30-18(6-8-31-4)28-29-22(30)23(2,3)27-17;1-8-12(16)9(17)7-10-13(8)21-11(5-6-22-4)19-20-14(21)15(2,3)18-10;1-13(2)14(3,4)19-15(18-13)11-8-10(16)7-9-5-6-17-12(9)11;1-3-2/h10-13,29-30H,8-9H2,1-5H3;8-11,28-29H,5-7H2,1-4H3;5,7,9-11,26-27H,6,8H2,1-4H3;7,18H,5-6H2,1-4H3;5-8,17H,1-4H3;1H,2H3. The van der Waals surface area contributed by atoms with E-state index < -0.39 is 75.4 Å². The number of hydrogen-bond donors (Lipinski definition) is 8. The molecule has 0 aliphatic carbocycles. The molecule has 5 aliphatic heterocycles. The van der Waals surface area contributed by atoms with E-state index in [0.717, 1.165) is 131 Å². The van der Waals surface area contributed by atoms with Gasteiger partial charge in [-0.25, -0.2) is 35.1 Å². The fraction of sp³-hybridized carbons (Fsp3) is 0.352. The lowest BCUT2D eigenvalue weighted by Crippen LogP contribution is -2.41. The zero-order chi connectivity index (χ0) is 102. The van der Waals surface area contributed by atoms with Crippen molar-refractivity contribution in [1.29, 1.82) is 0 Å². The van der Waals surface area contributed by atoms with Crippen molar-refractivity contribution in [3.8, 4) is 80.3 Å². The second-order valence-corrected chi connectivity index (χ2v) is 40.5. The Kier molecular flexibility index (Phi) is 28.2. The monoisotopic (exact) mass is 2100 g/mol. The molecule has 0 unspecified atom stereocenters. The third-order valence-corrected chi connectivity index (χ3v) is 28.3. The van der Waals surface area contributed by atoms with Gasteiger partial charge in [-0.3, -0.25) is 18.3 Å². The number of terminal acetylenes is 1. The Morgan fingerprint density at radius 1 is 0.433 bits per heavy atom. The minimum atomic E-state index is -0.564. The highest BCUT2D eigenvalue weighted by atomic mass is 127. The molecule has 0 amide bonds. The number of rotatable bonds is 16. The number of aromatic nitrogens is 16. The van der Waals surface area contributed by atoms with E-state index in [0.29, 0.717) is 138 Å². The lowest BCUT2D eigenvalue weighted by atomic mass is 9.78. The molecule has 0 spiro atoms. The third-order valence-electron chi connectivity index (χ3n) is 26.4. The van der Waals surface area contributed by atoms with Crippen LogP contribution >= 0.6 is 38.5 Å². The first-order valence-corrected chi connectivity index (χ1v) is 48.1. The van der Waals surface area contributed by atoms with E-state index in [1.165, 1.54) is 72.8 Å². The molecule has 141 heavy (non-hydrogen) atoms. The van der Waals surface area contributed by atoms with Crippen molar-refractivity contribution in [2.24, 2.45) is 0 Å². The number of halogens is 10. The van der Waals surface area contributed by atoms with Crippen LogP contribution in [0.3, 0.4) is 0 Å². The van der Waals surface area contributed by atoms with Crippen LogP contribution < -0.4 is 26.7 Å². The van der Waals surface area contributed by atoms with Crippen molar-refractivity contribution in [1.82, 2.24) is 79.0 Å². The number of nitrogens with one attached hydrogen (secondary N) is 8. The summed E-state index contributed by atoms with van der Waals surface area (Å²) >= 11 is 5.48. The van der Waals surface area contributed by atoms with Crippen LogP contribution in [-0.2, 0) is 71.4 Å². The first kappa shape index (κ1) is 101. The van der Waals surface area contributed by atoms with E-state index in [9.17, 15) is 22.0 Å². The normalized spacial score (nSPS) is 15.0. The molecule has 36 heteroatoms. The summed E-state index contributed by atoms with van der Waals surface area (Å²) in [6.07, 6.45) is 16.2. The SMILES string of the molecule is C#CC.CC#Cc1c[nH]c2c(-c3c(F)cc4c(c3C)-n3c(CCOC)nnc3C(C)(C)N4)cc(F)cc12.CC1(C)OB(c2cc(F)cc3cc[nH]c23)OC1(C)C.CCCCc1nnc2n1-c1c(cc(F)c(-c3cc(F)cc4c(I)c[nH]c34)c1C)NC2(C)C.COCCc1nnc2n1-c1c(cc(F)c(-c3cc(F)cc4cc[nH]c34)c1C)NC2(C)C.COCCc1nnc2n1-c1c(cc(F)c(Br)c1C)NC2(C)C. The van der Waals surface area contributed by atoms with E-state index in [4.69, 9.17) is 23.5 Å². The number of benzene rings is 8. The zero-order valence-electron chi connectivity index (χ0n) is 82.6. The van der Waals surface area contributed by atoms with Crippen molar-refractivity contribution in [2.45, 2.75) is 203 Å². The second kappa shape index (κ2) is 39.3. The fourth-order valence-electron chi connectivity index (χ4n) is 19.2. The van der Waals surface area contributed by atoms with Crippen LogP contribution in [0.1, 0.15) is 191 Å². The van der Waals surface area contributed by atoms with Gasteiger partial charge in [-0.15, -0.1) is 59.1 Å². The highest BCUT2D eigenvalue weighted by molar-refractivity contribution is 14.1. The number of aryl methyl sites for hydroxylation is 1. The Bertz CT molecular complexity index is 7670. The average Bonchev–Trinajstić information content (AvgIpc) is 1.71. The zero-order valence-corrected chi connectivity index (χ0v) is 86.3. The van der Waals surface area contributed by atoms with Gasteiger partial charge in [0.25, 0.3) is 0 Å². The summed E-state index contributed by atoms with van der Waals surface area (Å²) in [5.41, 5.74) is 12.7. The van der Waals surface area contributed by atoms with Crippen molar-refractivity contribution in [2.75, 3.05) is 62.4 Å². The van der Waals surface area contributed by atoms with Crippen LogP contribution in [-0.4, -0.2) is 138 Å². The minimum Gasteiger partial charge on any atom is -0.399 e. The van der Waals surface area contributed by atoms with Gasteiger partial charge in [-0.1, -0.05) is 19.3 Å². The number of ether oxygens (including phenoxy) is 3. The Hall–Kier alpha value is -12.7. The topological polar surface area (TPSA) is 280 Å². The van der Waals surface area contributed by atoms with Gasteiger partial charge in [-0.2, -0.15) is 0 Å². The molecule has 16 aromatic rings. The van der Waals surface area contributed by atoms with Crippen LogP contribution in [0.4, 0.5) is 57.9 Å². The maximum Gasteiger partial charge on any atom is 0.497 e. The first-order valence-electron chi connectivity index (χ1n) is 46.2. The predicted molar refractivity (Wildman–Crippen MR) is 549 cm³/mol. The number of H-pyrrole nitrogens is 4.